The predicted octanol–water partition coefficient (Wildman–Crippen LogP) is 0.602. The SMILES string of the molecule is CN(C)CCOc1ccc(C=c2[nH]c(=O)c(=Cc3ccccc3)[nH]c2=O)cc1OCCN(C)C. The minimum absolute atomic E-state index is 0.163. The fourth-order valence-corrected chi connectivity index (χ4v) is 3.10. The molecule has 0 unspecified atom stereocenters. The molecule has 0 aliphatic heterocycles. The Morgan fingerprint density at radius 2 is 1.24 bits per heavy atom. The lowest BCUT2D eigenvalue weighted by molar-refractivity contribution is 0.227. The molecule has 0 aliphatic carbocycles. The molecule has 0 saturated heterocycles. The van der Waals surface area contributed by atoms with Crippen molar-refractivity contribution in [3.8, 4) is 11.5 Å². The summed E-state index contributed by atoms with van der Waals surface area (Å²) in [6.07, 6.45) is 3.26. The highest BCUT2D eigenvalue weighted by Gasteiger charge is 2.08. The summed E-state index contributed by atoms with van der Waals surface area (Å²) in [5.41, 5.74) is 0.773. The zero-order valence-corrected chi connectivity index (χ0v) is 20.1. The first-order chi connectivity index (χ1) is 16.3. The van der Waals surface area contributed by atoms with Gasteiger partial charge in [0.05, 0.1) is 0 Å². The molecule has 0 atom stereocenters. The van der Waals surface area contributed by atoms with Crippen LogP contribution in [0.5, 0.6) is 11.5 Å². The van der Waals surface area contributed by atoms with Crippen LogP contribution < -0.4 is 31.3 Å². The van der Waals surface area contributed by atoms with E-state index in [2.05, 4.69) is 9.97 Å². The number of aromatic amines is 2. The van der Waals surface area contributed by atoms with E-state index in [4.69, 9.17) is 9.47 Å². The highest BCUT2D eigenvalue weighted by atomic mass is 16.5. The van der Waals surface area contributed by atoms with Crippen molar-refractivity contribution in [2.24, 2.45) is 0 Å². The van der Waals surface area contributed by atoms with E-state index in [1.807, 2.05) is 86.5 Å². The van der Waals surface area contributed by atoms with Crippen molar-refractivity contribution in [3.05, 3.63) is 91.1 Å². The first-order valence-corrected chi connectivity index (χ1v) is 11.1. The summed E-state index contributed by atoms with van der Waals surface area (Å²) < 4.78 is 11.9. The van der Waals surface area contributed by atoms with Crippen LogP contribution in [-0.2, 0) is 0 Å². The Hall–Kier alpha value is -3.62. The summed E-state index contributed by atoms with van der Waals surface area (Å²) in [5.74, 6) is 1.22. The number of rotatable bonds is 10. The van der Waals surface area contributed by atoms with E-state index in [9.17, 15) is 9.59 Å². The van der Waals surface area contributed by atoms with Crippen LogP contribution in [0.2, 0.25) is 0 Å². The Morgan fingerprint density at radius 1 is 0.706 bits per heavy atom. The average Bonchev–Trinajstić information content (AvgIpc) is 2.79. The van der Waals surface area contributed by atoms with Gasteiger partial charge in [-0.2, -0.15) is 0 Å². The molecule has 2 aromatic carbocycles. The summed E-state index contributed by atoms with van der Waals surface area (Å²) in [5, 5.41) is 0.362. The molecule has 3 rings (SSSR count). The molecule has 180 valence electrons. The third-order valence-electron chi connectivity index (χ3n) is 4.97. The van der Waals surface area contributed by atoms with Crippen molar-refractivity contribution < 1.29 is 9.47 Å². The van der Waals surface area contributed by atoms with E-state index >= 15 is 0 Å². The number of H-pyrrole nitrogens is 2. The number of benzene rings is 2. The first-order valence-electron chi connectivity index (χ1n) is 11.1. The van der Waals surface area contributed by atoms with Crippen LogP contribution in [-0.4, -0.2) is 74.3 Å². The molecule has 0 saturated carbocycles. The van der Waals surface area contributed by atoms with Gasteiger partial charge in [0.2, 0.25) is 0 Å². The minimum atomic E-state index is -0.386. The van der Waals surface area contributed by atoms with Crippen molar-refractivity contribution in [1.29, 1.82) is 0 Å². The van der Waals surface area contributed by atoms with E-state index < -0.39 is 0 Å². The Kier molecular flexibility index (Phi) is 8.84. The van der Waals surface area contributed by atoms with E-state index in [1.165, 1.54) is 0 Å². The number of aromatic nitrogens is 2. The van der Waals surface area contributed by atoms with E-state index in [0.29, 0.717) is 30.3 Å². The number of hydrogen-bond donors (Lipinski definition) is 2. The van der Waals surface area contributed by atoms with Crippen molar-refractivity contribution in [3.63, 3.8) is 0 Å². The highest BCUT2D eigenvalue weighted by Crippen LogP contribution is 2.28. The summed E-state index contributed by atoms with van der Waals surface area (Å²) in [7, 11) is 7.92. The number of ether oxygens (including phenoxy) is 2. The van der Waals surface area contributed by atoms with Gasteiger partial charge in [0.1, 0.15) is 23.9 Å². The van der Waals surface area contributed by atoms with E-state index in [0.717, 1.165) is 18.7 Å². The van der Waals surface area contributed by atoms with Crippen LogP contribution in [0.25, 0.3) is 12.2 Å². The normalized spacial score (nSPS) is 12.5. The topological polar surface area (TPSA) is 90.7 Å². The third-order valence-corrected chi connectivity index (χ3v) is 4.97. The molecule has 1 aromatic heterocycles. The van der Waals surface area contributed by atoms with Gasteiger partial charge in [0, 0.05) is 13.1 Å². The first kappa shape index (κ1) is 25.0. The van der Waals surface area contributed by atoms with Gasteiger partial charge in [-0.15, -0.1) is 0 Å². The Bertz CT molecular complexity index is 1310. The molecule has 0 fully saturated rings. The fourth-order valence-electron chi connectivity index (χ4n) is 3.10. The summed E-state index contributed by atoms with van der Waals surface area (Å²) in [6.45, 7) is 2.53. The maximum Gasteiger partial charge on any atom is 0.272 e. The zero-order chi connectivity index (χ0) is 24.5. The van der Waals surface area contributed by atoms with Crippen molar-refractivity contribution in [1.82, 2.24) is 19.8 Å². The zero-order valence-electron chi connectivity index (χ0n) is 20.1. The average molecular weight is 465 g/mol. The van der Waals surface area contributed by atoms with E-state index in [1.54, 1.807) is 12.2 Å². The van der Waals surface area contributed by atoms with Crippen molar-refractivity contribution in [2.75, 3.05) is 54.5 Å². The Balaban J connectivity index is 1.93. The second kappa shape index (κ2) is 12.0. The monoisotopic (exact) mass is 464 g/mol. The van der Waals surface area contributed by atoms with Crippen LogP contribution in [0.1, 0.15) is 11.1 Å². The number of hydrogen-bond acceptors (Lipinski definition) is 6. The molecule has 0 radical (unpaired) electrons. The van der Waals surface area contributed by atoms with Gasteiger partial charge in [0.15, 0.2) is 11.5 Å². The molecule has 0 aliphatic rings. The molecular weight excluding hydrogens is 432 g/mol. The minimum Gasteiger partial charge on any atom is -0.488 e. The van der Waals surface area contributed by atoms with Crippen LogP contribution in [0, 0.1) is 0 Å². The molecule has 0 bridgehead atoms. The smallest absolute Gasteiger partial charge is 0.272 e. The Labute approximate surface area is 198 Å². The lowest BCUT2D eigenvalue weighted by Gasteiger charge is -2.16. The van der Waals surface area contributed by atoms with Gasteiger partial charge in [-0.05, 0) is 63.6 Å². The summed E-state index contributed by atoms with van der Waals surface area (Å²) >= 11 is 0. The molecule has 2 N–H and O–H groups in total. The molecule has 34 heavy (non-hydrogen) atoms. The van der Waals surface area contributed by atoms with E-state index in [-0.39, 0.29) is 21.8 Å². The quantitative estimate of drug-likeness (QED) is 0.457. The predicted molar refractivity (Wildman–Crippen MR) is 135 cm³/mol. The molecule has 8 nitrogen and oxygen atoms in total. The second-order valence-electron chi connectivity index (χ2n) is 8.44. The molecule has 1 heterocycles. The standard InChI is InChI=1S/C26H32N4O4/c1-29(2)12-14-33-23-11-10-20(18-24(23)34-15-13-30(3)4)17-22-26(32)27-21(25(31)28-22)16-19-8-6-5-7-9-19/h5-11,16-18H,12-15H2,1-4H3,(H,27,32)(H,28,31). The number of nitrogens with zero attached hydrogens (tertiary/aromatic N) is 2. The third kappa shape index (κ3) is 7.47. The van der Waals surface area contributed by atoms with Gasteiger partial charge < -0.3 is 29.2 Å². The molecule has 8 heteroatoms. The fraction of sp³-hybridized carbons (Fsp3) is 0.308. The number of nitrogens with one attached hydrogen (secondary N) is 2. The largest absolute Gasteiger partial charge is 0.488 e. The lowest BCUT2D eigenvalue weighted by atomic mass is 10.2. The number of likely N-dealkylation sites (N-methyl/N-ethyl adjacent to an activating group) is 2. The van der Waals surface area contributed by atoms with Crippen molar-refractivity contribution >= 4 is 12.2 Å². The van der Waals surface area contributed by atoms with Gasteiger partial charge in [-0.3, -0.25) is 9.59 Å². The molecular formula is C26H32N4O4. The maximum atomic E-state index is 12.6. The lowest BCUT2D eigenvalue weighted by Crippen LogP contribution is -2.46. The van der Waals surface area contributed by atoms with Gasteiger partial charge in [-0.1, -0.05) is 36.4 Å². The van der Waals surface area contributed by atoms with Gasteiger partial charge >= 0.3 is 0 Å². The van der Waals surface area contributed by atoms with Crippen molar-refractivity contribution in [2.45, 2.75) is 0 Å². The van der Waals surface area contributed by atoms with Crippen LogP contribution in [0.15, 0.2) is 58.1 Å². The molecule has 0 amide bonds. The van der Waals surface area contributed by atoms with Gasteiger partial charge in [0.25, 0.3) is 11.1 Å². The van der Waals surface area contributed by atoms with Crippen LogP contribution >= 0.6 is 0 Å². The van der Waals surface area contributed by atoms with Gasteiger partial charge in [-0.25, -0.2) is 0 Å². The Morgan fingerprint density at radius 3 is 1.79 bits per heavy atom. The second-order valence-corrected chi connectivity index (χ2v) is 8.44. The summed E-state index contributed by atoms with van der Waals surface area (Å²) in [4.78, 5) is 34.6. The molecule has 0 spiro atoms. The molecule has 3 aromatic rings. The highest BCUT2D eigenvalue weighted by molar-refractivity contribution is 5.55. The maximum absolute atomic E-state index is 12.6. The summed E-state index contributed by atoms with van der Waals surface area (Å²) in [6, 6.07) is 14.8. The van der Waals surface area contributed by atoms with Crippen LogP contribution in [0.3, 0.4) is 0 Å². The van der Waals surface area contributed by atoms with Crippen LogP contribution in [0.4, 0.5) is 0 Å².